The minimum absolute atomic E-state index is 0.345. The summed E-state index contributed by atoms with van der Waals surface area (Å²) in [4.78, 5) is 0. The molecule has 0 radical (unpaired) electrons. The first-order chi connectivity index (χ1) is 9.99. The Morgan fingerprint density at radius 3 is 2.52 bits per heavy atom. The molecule has 1 aromatic heterocycles. The number of nitrogens with one attached hydrogen (secondary N) is 1. The average Bonchev–Trinajstić information content (AvgIpc) is 2.86. The minimum Gasteiger partial charge on any atom is -0.454 e. The first-order valence-corrected chi connectivity index (χ1v) is 6.51. The van der Waals surface area contributed by atoms with Crippen molar-refractivity contribution in [2.24, 2.45) is 0 Å². The smallest absolute Gasteiger partial charge is 0.416 e. The third-order valence-corrected chi connectivity index (χ3v) is 2.84. The quantitative estimate of drug-likeness (QED) is 0.832. The summed E-state index contributed by atoms with van der Waals surface area (Å²) >= 11 is 0. The number of ether oxygens (including phenoxy) is 1. The molecule has 2 aromatic rings. The highest BCUT2D eigenvalue weighted by Crippen LogP contribution is 2.31. The van der Waals surface area contributed by atoms with Crippen molar-refractivity contribution in [2.75, 3.05) is 13.6 Å². The largest absolute Gasteiger partial charge is 0.454 e. The van der Waals surface area contributed by atoms with Crippen molar-refractivity contribution in [1.82, 2.24) is 15.1 Å². The van der Waals surface area contributed by atoms with Crippen LogP contribution in [0.25, 0.3) is 0 Å². The fraction of sp³-hybridized carbons (Fsp3) is 0.357. The lowest BCUT2D eigenvalue weighted by atomic mass is 10.2. The third kappa shape index (κ3) is 4.49. The van der Waals surface area contributed by atoms with Gasteiger partial charge in [0.2, 0.25) is 0 Å². The highest BCUT2D eigenvalue weighted by molar-refractivity contribution is 5.32. The van der Waals surface area contributed by atoms with Crippen LogP contribution in [0.3, 0.4) is 0 Å². The monoisotopic (exact) mass is 299 g/mol. The fourth-order valence-corrected chi connectivity index (χ4v) is 1.79. The van der Waals surface area contributed by atoms with E-state index in [-0.39, 0.29) is 0 Å². The van der Waals surface area contributed by atoms with Gasteiger partial charge in [0.1, 0.15) is 5.75 Å². The van der Waals surface area contributed by atoms with Crippen LogP contribution in [0.4, 0.5) is 13.2 Å². The van der Waals surface area contributed by atoms with Gasteiger partial charge in [0, 0.05) is 6.54 Å². The summed E-state index contributed by atoms with van der Waals surface area (Å²) in [5.41, 5.74) is -0.697. The molecular weight excluding hydrogens is 283 g/mol. The first kappa shape index (κ1) is 15.4. The second kappa shape index (κ2) is 6.62. The van der Waals surface area contributed by atoms with Crippen molar-refractivity contribution >= 4 is 0 Å². The van der Waals surface area contributed by atoms with E-state index in [1.807, 2.05) is 7.05 Å². The van der Waals surface area contributed by atoms with Gasteiger partial charge in [-0.1, -0.05) is 0 Å². The van der Waals surface area contributed by atoms with E-state index in [1.54, 1.807) is 10.9 Å². The molecule has 0 spiro atoms. The van der Waals surface area contributed by atoms with Crippen LogP contribution in [0.2, 0.25) is 0 Å². The maximum atomic E-state index is 12.4. The highest BCUT2D eigenvalue weighted by atomic mass is 19.4. The van der Waals surface area contributed by atoms with E-state index < -0.39 is 11.7 Å². The Balaban J connectivity index is 1.95. The second-order valence-electron chi connectivity index (χ2n) is 4.52. The Bertz CT molecular complexity index is 564. The van der Waals surface area contributed by atoms with E-state index >= 15 is 0 Å². The zero-order chi connectivity index (χ0) is 15.3. The van der Waals surface area contributed by atoms with Crippen LogP contribution < -0.4 is 10.1 Å². The molecule has 1 heterocycles. The molecule has 0 saturated heterocycles. The maximum Gasteiger partial charge on any atom is 0.416 e. The predicted octanol–water partition coefficient (Wildman–Crippen LogP) is 3.30. The van der Waals surface area contributed by atoms with Gasteiger partial charge in [0.25, 0.3) is 0 Å². The third-order valence-electron chi connectivity index (χ3n) is 2.84. The number of nitrogens with zero attached hydrogens (tertiary/aromatic N) is 2. The van der Waals surface area contributed by atoms with Crippen molar-refractivity contribution in [2.45, 2.75) is 19.1 Å². The van der Waals surface area contributed by atoms with Gasteiger partial charge in [-0.05, 0) is 44.3 Å². The molecule has 0 aliphatic heterocycles. The molecule has 7 heteroatoms. The summed E-state index contributed by atoms with van der Waals surface area (Å²) in [6, 6.07) is 4.57. The molecule has 0 bridgehead atoms. The van der Waals surface area contributed by atoms with Gasteiger partial charge in [0.05, 0.1) is 18.0 Å². The van der Waals surface area contributed by atoms with Gasteiger partial charge in [-0.25, -0.2) is 0 Å². The molecule has 1 N–H and O–H groups in total. The Morgan fingerprint density at radius 2 is 1.90 bits per heavy atom. The van der Waals surface area contributed by atoms with Gasteiger partial charge < -0.3 is 10.1 Å². The van der Waals surface area contributed by atoms with E-state index in [1.165, 1.54) is 18.3 Å². The van der Waals surface area contributed by atoms with Crippen LogP contribution in [0.5, 0.6) is 11.5 Å². The van der Waals surface area contributed by atoms with Crippen molar-refractivity contribution in [3.05, 3.63) is 42.2 Å². The molecule has 0 fully saturated rings. The zero-order valence-electron chi connectivity index (χ0n) is 11.5. The van der Waals surface area contributed by atoms with Gasteiger partial charge in [0.15, 0.2) is 5.75 Å². The Morgan fingerprint density at radius 1 is 1.19 bits per heavy atom. The van der Waals surface area contributed by atoms with Crippen LogP contribution in [0.15, 0.2) is 36.7 Å². The molecule has 0 unspecified atom stereocenters. The van der Waals surface area contributed by atoms with Crippen LogP contribution in [0, 0.1) is 0 Å². The molecule has 0 saturated carbocycles. The molecule has 114 valence electrons. The fourth-order valence-electron chi connectivity index (χ4n) is 1.79. The van der Waals surface area contributed by atoms with Crippen molar-refractivity contribution < 1.29 is 17.9 Å². The van der Waals surface area contributed by atoms with Crippen LogP contribution in [-0.4, -0.2) is 23.4 Å². The van der Waals surface area contributed by atoms with E-state index in [9.17, 15) is 13.2 Å². The Kier molecular flexibility index (Phi) is 4.85. The number of rotatable bonds is 6. The standard InChI is InChI=1S/C14H16F3N3O/c1-18-7-2-8-20-10-13(9-19-20)21-12-5-3-11(4-6-12)14(15,16)17/h3-6,9-10,18H,2,7-8H2,1H3. The first-order valence-electron chi connectivity index (χ1n) is 6.51. The Labute approximate surface area is 120 Å². The van der Waals surface area contributed by atoms with Crippen LogP contribution in [0.1, 0.15) is 12.0 Å². The SMILES string of the molecule is CNCCCn1cc(Oc2ccc(C(F)(F)F)cc2)cn1. The number of halogens is 3. The number of alkyl halides is 3. The van der Waals surface area contributed by atoms with Crippen molar-refractivity contribution in [1.29, 1.82) is 0 Å². The normalized spacial score (nSPS) is 11.6. The van der Waals surface area contributed by atoms with E-state index in [0.29, 0.717) is 11.5 Å². The summed E-state index contributed by atoms with van der Waals surface area (Å²) < 4.78 is 44.5. The summed E-state index contributed by atoms with van der Waals surface area (Å²) in [7, 11) is 1.88. The summed E-state index contributed by atoms with van der Waals surface area (Å²) in [5, 5.41) is 7.16. The molecular formula is C14H16F3N3O. The number of hydrogen-bond acceptors (Lipinski definition) is 3. The van der Waals surface area contributed by atoms with Gasteiger partial charge >= 0.3 is 6.18 Å². The van der Waals surface area contributed by atoms with Crippen molar-refractivity contribution in [3.8, 4) is 11.5 Å². The van der Waals surface area contributed by atoms with E-state index in [0.717, 1.165) is 31.6 Å². The predicted molar refractivity (Wildman–Crippen MR) is 72.3 cm³/mol. The number of benzene rings is 1. The van der Waals surface area contributed by atoms with Gasteiger partial charge in [-0.15, -0.1) is 0 Å². The summed E-state index contributed by atoms with van der Waals surface area (Å²) in [6.07, 6.45) is -0.154. The summed E-state index contributed by atoms with van der Waals surface area (Å²) in [6.45, 7) is 1.63. The van der Waals surface area contributed by atoms with Crippen LogP contribution >= 0.6 is 0 Å². The van der Waals surface area contributed by atoms with E-state index in [2.05, 4.69) is 10.4 Å². The molecule has 21 heavy (non-hydrogen) atoms. The Hall–Kier alpha value is -2.02. The summed E-state index contributed by atoms with van der Waals surface area (Å²) in [5.74, 6) is 0.844. The molecule has 0 aliphatic rings. The van der Waals surface area contributed by atoms with Gasteiger partial charge in [-0.2, -0.15) is 18.3 Å². The topological polar surface area (TPSA) is 39.1 Å². The number of aryl methyl sites for hydroxylation is 1. The molecule has 0 aliphatic carbocycles. The lowest BCUT2D eigenvalue weighted by Crippen LogP contribution is -2.11. The van der Waals surface area contributed by atoms with E-state index in [4.69, 9.17) is 4.74 Å². The molecule has 4 nitrogen and oxygen atoms in total. The lowest BCUT2D eigenvalue weighted by molar-refractivity contribution is -0.137. The lowest BCUT2D eigenvalue weighted by Gasteiger charge is -2.07. The average molecular weight is 299 g/mol. The molecule has 2 rings (SSSR count). The minimum atomic E-state index is -4.34. The second-order valence-corrected chi connectivity index (χ2v) is 4.52. The van der Waals surface area contributed by atoms with Crippen molar-refractivity contribution in [3.63, 3.8) is 0 Å². The van der Waals surface area contributed by atoms with Crippen LogP contribution in [-0.2, 0) is 12.7 Å². The maximum absolute atomic E-state index is 12.4. The number of aromatic nitrogens is 2. The zero-order valence-corrected chi connectivity index (χ0v) is 11.5. The molecule has 1 aromatic carbocycles. The molecule has 0 atom stereocenters. The number of hydrogen-bond donors (Lipinski definition) is 1. The highest BCUT2D eigenvalue weighted by Gasteiger charge is 2.30. The molecule has 0 amide bonds. The van der Waals surface area contributed by atoms with Gasteiger partial charge in [-0.3, -0.25) is 4.68 Å².